The molecular formula is C43H64O8. The summed E-state index contributed by atoms with van der Waals surface area (Å²) in [7, 11) is 0. The van der Waals surface area contributed by atoms with E-state index in [1.54, 1.807) is 0 Å². The molecule has 0 aliphatic heterocycles. The normalized spacial score (nSPS) is 53.8. The molecule has 4 bridgehead atoms. The van der Waals surface area contributed by atoms with Gasteiger partial charge in [-0.05, 0) is 174 Å². The van der Waals surface area contributed by atoms with E-state index in [1.165, 1.54) is 0 Å². The monoisotopic (exact) mass is 708 g/mol. The lowest BCUT2D eigenvalue weighted by atomic mass is 9.41. The van der Waals surface area contributed by atoms with Crippen LogP contribution in [0.1, 0.15) is 157 Å². The number of fused-ring (bicyclic) bond motifs is 9. The molecule has 0 saturated heterocycles. The molecule has 2 N–H and O–H groups in total. The third-order valence-electron chi connectivity index (χ3n) is 18.9. The Balaban J connectivity index is 0.955. The van der Waals surface area contributed by atoms with Crippen molar-refractivity contribution in [2.24, 2.45) is 74.4 Å². The van der Waals surface area contributed by atoms with Crippen molar-refractivity contribution in [1.82, 2.24) is 0 Å². The molecule has 0 aromatic rings. The number of hydrogen-bond acceptors (Lipinski definition) is 6. The van der Waals surface area contributed by atoms with Crippen molar-refractivity contribution in [1.29, 1.82) is 0 Å². The zero-order valence-corrected chi connectivity index (χ0v) is 32.2. The molecule has 284 valence electrons. The predicted molar refractivity (Wildman–Crippen MR) is 190 cm³/mol. The summed E-state index contributed by atoms with van der Waals surface area (Å²) in [6.45, 7) is 13.1. The second-order valence-electron chi connectivity index (χ2n) is 21.0. The van der Waals surface area contributed by atoms with Crippen LogP contribution in [0.3, 0.4) is 0 Å². The Bertz CT molecular complexity index is 1510. The van der Waals surface area contributed by atoms with E-state index in [9.17, 15) is 29.4 Å². The van der Waals surface area contributed by atoms with Crippen molar-refractivity contribution in [3.63, 3.8) is 0 Å². The molecule has 0 radical (unpaired) electrons. The number of esters is 2. The Hall–Kier alpha value is -2.12. The SMILES string of the molecule is C[C@@H]1C[C@H]2C[C@]1(OC(=O)CC(=O)O[C@]13CCC4[C@](CCC5[C@@]4(C)CCC[C@@]5(C)C(=O)O)(C[C@@H]1C)C3)CC1C2CCC2[C@]1(C)CCC[C@]2(C)C(=O)O. The molecule has 1 spiro atoms. The minimum atomic E-state index is -0.714. The van der Waals surface area contributed by atoms with Gasteiger partial charge in [0, 0.05) is 0 Å². The quantitative estimate of drug-likeness (QED) is 0.207. The molecule has 0 aromatic heterocycles. The van der Waals surface area contributed by atoms with E-state index in [2.05, 4.69) is 27.7 Å². The molecule has 8 saturated carbocycles. The molecule has 5 unspecified atom stereocenters. The molecular weight excluding hydrogens is 644 g/mol. The summed E-state index contributed by atoms with van der Waals surface area (Å²) in [6, 6.07) is 0. The topological polar surface area (TPSA) is 127 Å². The van der Waals surface area contributed by atoms with Gasteiger partial charge in [-0.15, -0.1) is 0 Å². The van der Waals surface area contributed by atoms with Gasteiger partial charge in [-0.1, -0.05) is 40.5 Å². The van der Waals surface area contributed by atoms with Crippen LogP contribution < -0.4 is 0 Å². The highest BCUT2D eigenvalue weighted by molar-refractivity contribution is 5.91. The summed E-state index contributed by atoms with van der Waals surface area (Å²) in [5.41, 5.74) is -2.65. The number of rotatable bonds is 6. The maximum atomic E-state index is 13.8. The third kappa shape index (κ3) is 4.87. The van der Waals surface area contributed by atoms with E-state index in [0.29, 0.717) is 23.7 Å². The minimum Gasteiger partial charge on any atom is -0.481 e. The van der Waals surface area contributed by atoms with Crippen molar-refractivity contribution in [3.8, 4) is 0 Å². The van der Waals surface area contributed by atoms with Gasteiger partial charge in [-0.2, -0.15) is 0 Å². The summed E-state index contributed by atoms with van der Waals surface area (Å²) in [5.74, 6) is 0.160. The zero-order valence-electron chi connectivity index (χ0n) is 32.2. The van der Waals surface area contributed by atoms with Crippen molar-refractivity contribution >= 4 is 23.9 Å². The first-order valence-corrected chi connectivity index (χ1v) is 20.8. The van der Waals surface area contributed by atoms with Crippen LogP contribution in [0.2, 0.25) is 0 Å². The van der Waals surface area contributed by atoms with Crippen LogP contribution in [-0.2, 0) is 28.7 Å². The summed E-state index contributed by atoms with van der Waals surface area (Å²) >= 11 is 0. The predicted octanol–water partition coefficient (Wildman–Crippen LogP) is 8.83. The van der Waals surface area contributed by atoms with Crippen molar-refractivity contribution in [3.05, 3.63) is 0 Å². The Morgan fingerprint density at radius 1 is 0.627 bits per heavy atom. The highest BCUT2D eigenvalue weighted by atomic mass is 16.6. The highest BCUT2D eigenvalue weighted by Gasteiger charge is 2.70. The fourth-order valence-corrected chi connectivity index (χ4v) is 16.6. The molecule has 8 rings (SSSR count). The lowest BCUT2D eigenvalue weighted by Crippen LogP contribution is -2.59. The summed E-state index contributed by atoms with van der Waals surface area (Å²) in [5, 5.41) is 20.7. The van der Waals surface area contributed by atoms with Gasteiger partial charge in [0.15, 0.2) is 0 Å². The number of aliphatic carboxylic acids is 2. The Kier molecular flexibility index (Phi) is 8.05. The average molecular weight is 709 g/mol. The second-order valence-corrected chi connectivity index (χ2v) is 21.0. The summed E-state index contributed by atoms with van der Waals surface area (Å²) in [4.78, 5) is 52.7. The Morgan fingerprint density at radius 3 is 1.86 bits per heavy atom. The minimum absolute atomic E-state index is 0.0267. The fraction of sp³-hybridized carbons (Fsp3) is 0.907. The molecule has 51 heavy (non-hydrogen) atoms. The van der Waals surface area contributed by atoms with E-state index < -0.39 is 45.9 Å². The van der Waals surface area contributed by atoms with E-state index in [4.69, 9.17) is 9.47 Å². The van der Waals surface area contributed by atoms with Gasteiger partial charge in [0.2, 0.25) is 0 Å². The molecule has 0 aromatic carbocycles. The van der Waals surface area contributed by atoms with Gasteiger partial charge in [0.05, 0.1) is 10.8 Å². The van der Waals surface area contributed by atoms with Crippen LogP contribution in [-0.4, -0.2) is 45.3 Å². The first kappa shape index (κ1) is 35.9. The van der Waals surface area contributed by atoms with Crippen molar-refractivity contribution in [2.75, 3.05) is 0 Å². The van der Waals surface area contributed by atoms with Crippen molar-refractivity contribution < 1.29 is 38.9 Å². The zero-order chi connectivity index (χ0) is 36.6. The molecule has 8 nitrogen and oxygen atoms in total. The Labute approximate surface area is 304 Å². The van der Waals surface area contributed by atoms with Gasteiger partial charge in [-0.25, -0.2) is 0 Å². The van der Waals surface area contributed by atoms with Gasteiger partial charge in [-0.3, -0.25) is 19.2 Å². The second kappa shape index (κ2) is 11.4. The van der Waals surface area contributed by atoms with Crippen LogP contribution >= 0.6 is 0 Å². The van der Waals surface area contributed by atoms with Crippen LogP contribution in [0.15, 0.2) is 0 Å². The summed E-state index contributed by atoms with van der Waals surface area (Å²) < 4.78 is 13.0. The molecule has 0 amide bonds. The standard InChI is InChI=1S/C43H64O8/c1-25-19-27-22-43(25,23-29-28(27)9-10-30-37(29,3)13-7-15-39(30,5)35(46)47)51-34(45)20-33(44)50-42-18-12-32-38(4)14-8-16-40(6,36(48)49)31(38)11-17-41(32,24-42)21-26(42)2/h25-32H,7-24H2,1-6H3,(H,46,47)(H,48,49)/t25-,26+,27+,28?,29?,30?,31?,32?,37-,38-,39+,40-,41-,42+,43+/m1/s1. The average Bonchev–Trinajstić information content (AvgIpc) is 3.40. The van der Waals surface area contributed by atoms with E-state index in [0.717, 1.165) is 109 Å². The van der Waals surface area contributed by atoms with Crippen LogP contribution in [0.4, 0.5) is 0 Å². The smallest absolute Gasteiger partial charge is 0.317 e. The van der Waals surface area contributed by atoms with Crippen LogP contribution in [0.5, 0.6) is 0 Å². The number of carboxylic acid groups (broad SMARTS) is 2. The number of ether oxygens (including phenoxy) is 2. The van der Waals surface area contributed by atoms with Crippen LogP contribution in [0.25, 0.3) is 0 Å². The molecule has 8 aliphatic carbocycles. The number of carbonyl (C=O) groups is 4. The lowest BCUT2D eigenvalue weighted by molar-refractivity contribution is -0.199. The molecule has 8 aliphatic rings. The molecule has 8 fully saturated rings. The molecule has 15 atom stereocenters. The third-order valence-corrected chi connectivity index (χ3v) is 18.9. The van der Waals surface area contributed by atoms with E-state index >= 15 is 0 Å². The number of carbonyl (C=O) groups excluding carboxylic acids is 2. The van der Waals surface area contributed by atoms with Crippen LogP contribution in [0, 0.1) is 74.4 Å². The van der Waals surface area contributed by atoms with Crippen molar-refractivity contribution in [2.45, 2.75) is 168 Å². The lowest BCUT2D eigenvalue weighted by Gasteiger charge is -2.63. The Morgan fingerprint density at radius 2 is 1.22 bits per heavy atom. The molecule has 8 heteroatoms. The van der Waals surface area contributed by atoms with E-state index in [-0.39, 0.29) is 46.3 Å². The van der Waals surface area contributed by atoms with Gasteiger partial charge in [0.25, 0.3) is 0 Å². The van der Waals surface area contributed by atoms with Gasteiger partial charge >= 0.3 is 23.9 Å². The number of hydrogen-bond donors (Lipinski definition) is 2. The highest BCUT2D eigenvalue weighted by Crippen LogP contribution is 2.74. The molecule has 0 heterocycles. The summed E-state index contributed by atoms with van der Waals surface area (Å²) in [6.07, 6.45) is 15.2. The van der Waals surface area contributed by atoms with Gasteiger partial charge < -0.3 is 19.7 Å². The maximum Gasteiger partial charge on any atom is 0.317 e. The first-order valence-electron chi connectivity index (χ1n) is 20.8. The van der Waals surface area contributed by atoms with E-state index in [1.807, 2.05) is 13.8 Å². The largest absolute Gasteiger partial charge is 0.481 e. The maximum absolute atomic E-state index is 13.8. The first-order chi connectivity index (χ1) is 23.9. The number of carboxylic acids is 2. The fourth-order valence-electron chi connectivity index (χ4n) is 16.6. The van der Waals surface area contributed by atoms with Gasteiger partial charge in [0.1, 0.15) is 17.6 Å².